The lowest BCUT2D eigenvalue weighted by molar-refractivity contribution is -0.140. The van der Waals surface area contributed by atoms with Crippen LogP contribution in [0.4, 0.5) is 5.69 Å². The first-order valence-corrected chi connectivity index (χ1v) is 14.5. The Labute approximate surface area is 231 Å². The van der Waals surface area contributed by atoms with Gasteiger partial charge in [-0.3, -0.25) is 13.9 Å². The van der Waals surface area contributed by atoms with Gasteiger partial charge in [-0.25, -0.2) is 8.42 Å². The monoisotopic (exact) mass is 551 g/mol. The Morgan fingerprint density at radius 2 is 1.56 bits per heavy atom. The molecular weight excluding hydrogens is 514 g/mol. The van der Waals surface area contributed by atoms with Gasteiger partial charge in [0.05, 0.1) is 17.7 Å². The number of para-hydroxylation sites is 2. The molecule has 2 amide bonds. The molecule has 0 spiro atoms. The zero-order valence-corrected chi connectivity index (χ0v) is 23.8. The molecule has 0 bridgehead atoms. The molecule has 0 fully saturated rings. The Hall–Kier alpha value is -3.85. The molecule has 0 saturated heterocycles. The third-order valence-corrected chi connectivity index (χ3v) is 8.15. The van der Waals surface area contributed by atoms with Gasteiger partial charge in [0.2, 0.25) is 11.8 Å². The van der Waals surface area contributed by atoms with Gasteiger partial charge in [0.1, 0.15) is 18.3 Å². The Bertz CT molecular complexity index is 1340. The largest absolute Gasteiger partial charge is 0.495 e. The minimum absolute atomic E-state index is 0.0501. The molecule has 3 aromatic rings. The molecule has 0 aromatic heterocycles. The summed E-state index contributed by atoms with van der Waals surface area (Å²) < 4.78 is 34.5. The molecule has 208 valence electrons. The van der Waals surface area contributed by atoms with Gasteiger partial charge >= 0.3 is 0 Å². The van der Waals surface area contributed by atoms with Gasteiger partial charge in [-0.15, -0.1) is 0 Å². The number of hydrogen-bond donors (Lipinski definition) is 1. The van der Waals surface area contributed by atoms with E-state index >= 15 is 0 Å². The molecule has 0 radical (unpaired) electrons. The summed E-state index contributed by atoms with van der Waals surface area (Å²) in [6, 6.07) is 21.7. The van der Waals surface area contributed by atoms with Crippen LogP contribution in [-0.2, 0) is 26.2 Å². The van der Waals surface area contributed by atoms with Crippen molar-refractivity contribution in [3.05, 3.63) is 90.0 Å². The predicted octanol–water partition coefficient (Wildman–Crippen LogP) is 4.53. The van der Waals surface area contributed by atoms with Crippen LogP contribution in [0.5, 0.6) is 5.75 Å². The molecule has 39 heavy (non-hydrogen) atoms. The van der Waals surface area contributed by atoms with Crippen molar-refractivity contribution in [2.75, 3.05) is 24.5 Å². The lowest BCUT2D eigenvalue weighted by atomic mass is 10.1. The summed E-state index contributed by atoms with van der Waals surface area (Å²) in [5, 5.41) is 2.88. The summed E-state index contributed by atoms with van der Waals surface area (Å²) in [6.45, 7) is 5.78. The minimum Gasteiger partial charge on any atom is -0.495 e. The van der Waals surface area contributed by atoms with E-state index in [4.69, 9.17) is 4.74 Å². The molecule has 1 atom stereocenters. The summed E-state index contributed by atoms with van der Waals surface area (Å²) in [5.74, 6) is -0.462. The Kier molecular flexibility index (Phi) is 10.5. The van der Waals surface area contributed by atoms with E-state index in [1.807, 2.05) is 51.1 Å². The summed E-state index contributed by atoms with van der Waals surface area (Å²) in [7, 11) is -2.72. The molecule has 8 nitrogen and oxygen atoms in total. The number of methoxy groups -OCH3 is 1. The first-order valence-electron chi connectivity index (χ1n) is 13.1. The number of rotatable bonds is 13. The zero-order chi connectivity index (χ0) is 28.4. The van der Waals surface area contributed by atoms with E-state index in [2.05, 4.69) is 5.32 Å². The number of carbonyl (C=O) groups is 2. The summed E-state index contributed by atoms with van der Waals surface area (Å²) >= 11 is 0. The second-order valence-electron chi connectivity index (χ2n) is 9.22. The Morgan fingerprint density at radius 1 is 0.923 bits per heavy atom. The van der Waals surface area contributed by atoms with Crippen LogP contribution in [0.1, 0.15) is 37.8 Å². The summed E-state index contributed by atoms with van der Waals surface area (Å²) in [4.78, 5) is 28.7. The van der Waals surface area contributed by atoms with Crippen molar-refractivity contribution in [3.63, 3.8) is 0 Å². The Balaban J connectivity index is 2.07. The number of sulfonamides is 1. The zero-order valence-electron chi connectivity index (χ0n) is 23.0. The van der Waals surface area contributed by atoms with Crippen LogP contribution in [0.15, 0.2) is 83.8 Å². The maximum absolute atomic E-state index is 14.0. The average Bonchev–Trinajstić information content (AvgIpc) is 2.95. The molecule has 3 aromatic carbocycles. The second-order valence-corrected chi connectivity index (χ2v) is 11.1. The van der Waals surface area contributed by atoms with Gasteiger partial charge in [-0.1, -0.05) is 74.0 Å². The fourth-order valence-corrected chi connectivity index (χ4v) is 5.68. The van der Waals surface area contributed by atoms with Crippen LogP contribution in [0.25, 0.3) is 0 Å². The highest BCUT2D eigenvalue weighted by Gasteiger charge is 2.34. The highest BCUT2D eigenvalue weighted by atomic mass is 32.2. The van der Waals surface area contributed by atoms with E-state index in [-0.39, 0.29) is 23.0 Å². The number of ether oxygens (including phenoxy) is 1. The van der Waals surface area contributed by atoms with E-state index in [1.54, 1.807) is 36.4 Å². The van der Waals surface area contributed by atoms with Gasteiger partial charge in [0, 0.05) is 13.1 Å². The topological polar surface area (TPSA) is 96.0 Å². The van der Waals surface area contributed by atoms with Crippen LogP contribution in [0.2, 0.25) is 0 Å². The standard InChI is InChI=1S/C30H37N3O5S/c1-5-20-31-30(35)26(6-2)32(21-24-12-8-7-9-13-24)29(34)22-33(27-14-10-11-15-28(27)38-4)39(36,37)25-18-16-23(3)17-19-25/h7-19,26H,5-6,20-22H2,1-4H3,(H,31,35)/t26-/m1/s1. The number of nitrogens with one attached hydrogen (secondary N) is 1. The van der Waals surface area contributed by atoms with Crippen molar-refractivity contribution in [3.8, 4) is 5.75 Å². The quantitative estimate of drug-likeness (QED) is 0.337. The smallest absolute Gasteiger partial charge is 0.264 e. The first-order chi connectivity index (χ1) is 18.7. The van der Waals surface area contributed by atoms with Gasteiger partial charge in [0.15, 0.2) is 0 Å². The molecule has 0 aliphatic rings. The molecule has 0 saturated carbocycles. The second kappa shape index (κ2) is 13.8. The average molecular weight is 552 g/mol. The van der Waals surface area contributed by atoms with Gasteiger partial charge in [-0.05, 0) is 49.6 Å². The van der Waals surface area contributed by atoms with Gasteiger partial charge in [-0.2, -0.15) is 0 Å². The van der Waals surface area contributed by atoms with Crippen molar-refractivity contribution >= 4 is 27.5 Å². The molecule has 0 unspecified atom stereocenters. The SMILES string of the molecule is CCCNC(=O)[C@@H](CC)N(Cc1ccccc1)C(=O)CN(c1ccccc1OC)S(=O)(=O)c1ccc(C)cc1. The van der Waals surface area contributed by atoms with E-state index < -0.39 is 28.5 Å². The summed E-state index contributed by atoms with van der Waals surface area (Å²) in [5.41, 5.74) is 1.97. The molecule has 3 rings (SSSR count). The molecule has 9 heteroatoms. The number of aryl methyl sites for hydroxylation is 1. The maximum Gasteiger partial charge on any atom is 0.264 e. The lowest BCUT2D eigenvalue weighted by Gasteiger charge is -2.33. The Morgan fingerprint density at radius 3 is 2.18 bits per heavy atom. The predicted molar refractivity (Wildman–Crippen MR) is 153 cm³/mol. The van der Waals surface area contributed by atoms with E-state index in [9.17, 15) is 18.0 Å². The highest BCUT2D eigenvalue weighted by Crippen LogP contribution is 2.32. The molecule has 1 N–H and O–H groups in total. The number of anilines is 1. The van der Waals surface area contributed by atoms with Crippen LogP contribution >= 0.6 is 0 Å². The van der Waals surface area contributed by atoms with Crippen LogP contribution in [-0.4, -0.2) is 51.4 Å². The molecular formula is C30H37N3O5S. The maximum atomic E-state index is 14.0. The van der Waals surface area contributed by atoms with Gasteiger partial charge in [0.25, 0.3) is 10.0 Å². The number of nitrogens with zero attached hydrogens (tertiary/aromatic N) is 2. The number of amides is 2. The number of carbonyl (C=O) groups excluding carboxylic acids is 2. The molecule has 0 aliphatic carbocycles. The third kappa shape index (κ3) is 7.38. The minimum atomic E-state index is -4.17. The van der Waals surface area contributed by atoms with Crippen molar-refractivity contribution in [2.45, 2.75) is 51.1 Å². The third-order valence-electron chi connectivity index (χ3n) is 6.37. The summed E-state index contributed by atoms with van der Waals surface area (Å²) in [6.07, 6.45) is 1.12. The fraction of sp³-hybridized carbons (Fsp3) is 0.333. The number of hydrogen-bond acceptors (Lipinski definition) is 5. The van der Waals surface area contributed by atoms with E-state index in [1.165, 1.54) is 24.1 Å². The van der Waals surface area contributed by atoms with E-state index in [0.29, 0.717) is 18.7 Å². The molecule has 0 aliphatic heterocycles. The van der Waals surface area contributed by atoms with Gasteiger partial charge < -0.3 is 15.0 Å². The van der Waals surface area contributed by atoms with Crippen LogP contribution < -0.4 is 14.4 Å². The van der Waals surface area contributed by atoms with Crippen LogP contribution in [0.3, 0.4) is 0 Å². The lowest BCUT2D eigenvalue weighted by Crippen LogP contribution is -2.52. The number of benzene rings is 3. The van der Waals surface area contributed by atoms with Crippen molar-refractivity contribution in [1.82, 2.24) is 10.2 Å². The van der Waals surface area contributed by atoms with Crippen molar-refractivity contribution in [2.24, 2.45) is 0 Å². The molecule has 0 heterocycles. The highest BCUT2D eigenvalue weighted by molar-refractivity contribution is 7.92. The van der Waals surface area contributed by atoms with Crippen molar-refractivity contribution < 1.29 is 22.7 Å². The van der Waals surface area contributed by atoms with Crippen LogP contribution in [0, 0.1) is 6.92 Å². The van der Waals surface area contributed by atoms with E-state index in [0.717, 1.165) is 21.9 Å². The first kappa shape index (κ1) is 29.7. The fourth-order valence-electron chi connectivity index (χ4n) is 4.25. The van der Waals surface area contributed by atoms with Crippen molar-refractivity contribution in [1.29, 1.82) is 0 Å². The normalized spacial score (nSPS) is 11.9.